The van der Waals surface area contributed by atoms with Crippen molar-refractivity contribution in [1.82, 2.24) is 5.32 Å². The second-order valence-electron chi connectivity index (χ2n) is 13.7. The zero-order chi connectivity index (χ0) is 35.2. The van der Waals surface area contributed by atoms with Crippen molar-refractivity contribution in [2.75, 3.05) is 0 Å². The molecule has 1 heterocycles. The molecule has 0 aromatic heterocycles. The maximum absolute atomic E-state index is 5.37. The van der Waals surface area contributed by atoms with Crippen LogP contribution in [-0.4, -0.2) is 11.7 Å². The number of aliphatic imine (C=N–C) groups is 2. The van der Waals surface area contributed by atoms with Crippen LogP contribution in [0.5, 0.6) is 0 Å². The van der Waals surface area contributed by atoms with Gasteiger partial charge in [-0.25, -0.2) is 9.98 Å². The third-order valence-electron chi connectivity index (χ3n) is 10.8. The van der Waals surface area contributed by atoms with E-state index in [0.717, 1.165) is 39.3 Å². The molecule has 2 aliphatic rings. The van der Waals surface area contributed by atoms with Crippen LogP contribution in [0.15, 0.2) is 210 Å². The van der Waals surface area contributed by atoms with E-state index in [0.29, 0.717) is 0 Å². The van der Waals surface area contributed by atoms with Crippen LogP contribution >= 0.6 is 0 Å². The van der Waals surface area contributed by atoms with Crippen LogP contribution in [0.1, 0.15) is 45.1 Å². The first-order valence-corrected chi connectivity index (χ1v) is 18.2. The molecule has 10 rings (SSSR count). The molecule has 0 bridgehead atoms. The third kappa shape index (κ3) is 5.04. The van der Waals surface area contributed by atoms with Crippen molar-refractivity contribution in [1.29, 1.82) is 0 Å². The average molecular weight is 678 g/mol. The van der Waals surface area contributed by atoms with Crippen molar-refractivity contribution in [3.63, 3.8) is 0 Å². The van der Waals surface area contributed by atoms with Gasteiger partial charge in [-0.2, -0.15) is 0 Å². The minimum absolute atomic E-state index is 0.395. The molecule has 1 N–H and O–H groups in total. The van der Waals surface area contributed by atoms with E-state index in [1.165, 1.54) is 44.3 Å². The third-order valence-corrected chi connectivity index (χ3v) is 10.8. The van der Waals surface area contributed by atoms with Crippen molar-refractivity contribution in [2.45, 2.75) is 11.6 Å². The van der Waals surface area contributed by atoms with Crippen LogP contribution in [0.25, 0.3) is 33.0 Å². The van der Waals surface area contributed by atoms with Gasteiger partial charge in [-0.15, -0.1) is 0 Å². The molecule has 3 heteroatoms. The molecule has 0 fully saturated rings. The Labute approximate surface area is 309 Å². The molecular weight excluding hydrogens is 643 g/mol. The number of hydrogen-bond donors (Lipinski definition) is 1. The smallest absolute Gasteiger partial charge is 0.169 e. The van der Waals surface area contributed by atoms with Crippen LogP contribution in [0.2, 0.25) is 0 Å². The van der Waals surface area contributed by atoms with Gasteiger partial charge < -0.3 is 5.32 Å². The molecule has 0 saturated heterocycles. The van der Waals surface area contributed by atoms with E-state index >= 15 is 0 Å². The summed E-state index contributed by atoms with van der Waals surface area (Å²) in [6, 6.07) is 71.8. The number of benzene rings is 8. The van der Waals surface area contributed by atoms with Gasteiger partial charge in [0.2, 0.25) is 0 Å². The highest BCUT2D eigenvalue weighted by molar-refractivity contribution is 6.19. The SMILES string of the molecule is c1ccc(C2=NC(c3ccccc3)N=C(c3cc4ccccc4cc3-c3cccc4c3-c3ccccc3C4(c3ccccc3)c3ccccc3)N2)cc1. The van der Waals surface area contributed by atoms with Crippen molar-refractivity contribution in [3.05, 3.63) is 239 Å². The lowest BCUT2D eigenvalue weighted by atomic mass is 9.67. The summed E-state index contributed by atoms with van der Waals surface area (Å²) in [5, 5.41) is 6.06. The summed E-state index contributed by atoms with van der Waals surface area (Å²) in [4.78, 5) is 10.5. The Morgan fingerprint density at radius 3 is 1.58 bits per heavy atom. The second kappa shape index (κ2) is 12.7. The van der Waals surface area contributed by atoms with E-state index < -0.39 is 11.6 Å². The Morgan fingerprint density at radius 2 is 0.906 bits per heavy atom. The minimum atomic E-state index is -0.492. The molecule has 8 aromatic rings. The van der Waals surface area contributed by atoms with Gasteiger partial charge in [0.25, 0.3) is 0 Å². The highest BCUT2D eigenvalue weighted by atomic mass is 15.2. The van der Waals surface area contributed by atoms with E-state index in [2.05, 4.69) is 193 Å². The van der Waals surface area contributed by atoms with Gasteiger partial charge in [-0.3, -0.25) is 0 Å². The predicted molar refractivity (Wildman–Crippen MR) is 219 cm³/mol. The lowest BCUT2D eigenvalue weighted by molar-refractivity contribution is 0.756. The largest absolute Gasteiger partial charge is 0.324 e. The number of amidine groups is 2. The second-order valence-corrected chi connectivity index (χ2v) is 13.7. The van der Waals surface area contributed by atoms with Crippen molar-refractivity contribution < 1.29 is 0 Å². The highest BCUT2D eigenvalue weighted by Crippen LogP contribution is 2.58. The average Bonchev–Trinajstić information content (AvgIpc) is 3.55. The first kappa shape index (κ1) is 30.9. The van der Waals surface area contributed by atoms with E-state index in [4.69, 9.17) is 9.98 Å². The molecule has 8 aromatic carbocycles. The van der Waals surface area contributed by atoms with Gasteiger partial charge >= 0.3 is 0 Å². The molecular formula is C50H35N3. The van der Waals surface area contributed by atoms with E-state index in [9.17, 15) is 0 Å². The first-order valence-electron chi connectivity index (χ1n) is 18.2. The van der Waals surface area contributed by atoms with E-state index in [1.54, 1.807) is 0 Å². The number of fused-ring (bicyclic) bond motifs is 4. The van der Waals surface area contributed by atoms with Crippen LogP contribution in [-0.2, 0) is 5.41 Å². The maximum atomic E-state index is 5.37. The molecule has 0 spiro atoms. The predicted octanol–water partition coefficient (Wildman–Crippen LogP) is 11.4. The quantitative estimate of drug-likeness (QED) is 0.187. The molecule has 0 saturated carbocycles. The molecule has 250 valence electrons. The fourth-order valence-corrected chi connectivity index (χ4v) is 8.48. The number of rotatable bonds is 6. The van der Waals surface area contributed by atoms with Gasteiger partial charge in [0.1, 0.15) is 11.7 Å². The Kier molecular flexibility index (Phi) is 7.43. The summed E-state index contributed by atoms with van der Waals surface area (Å²) in [7, 11) is 0. The van der Waals surface area contributed by atoms with E-state index in [1.807, 2.05) is 12.1 Å². The number of nitrogens with one attached hydrogen (secondary N) is 1. The molecule has 53 heavy (non-hydrogen) atoms. The Morgan fingerprint density at radius 1 is 0.396 bits per heavy atom. The van der Waals surface area contributed by atoms with Gasteiger partial charge in [-0.05, 0) is 73.0 Å². The molecule has 0 amide bonds. The summed E-state index contributed by atoms with van der Waals surface area (Å²) in [5.74, 6) is 1.61. The molecule has 1 aliphatic carbocycles. The highest BCUT2D eigenvalue weighted by Gasteiger charge is 2.46. The summed E-state index contributed by atoms with van der Waals surface area (Å²) in [6.07, 6.45) is -0.395. The minimum Gasteiger partial charge on any atom is -0.324 e. The summed E-state index contributed by atoms with van der Waals surface area (Å²) >= 11 is 0. The lowest BCUT2D eigenvalue weighted by Gasteiger charge is -2.34. The fraction of sp³-hybridized carbons (Fsp3) is 0.0400. The maximum Gasteiger partial charge on any atom is 0.169 e. The van der Waals surface area contributed by atoms with Crippen LogP contribution in [0, 0.1) is 0 Å². The molecule has 1 aliphatic heterocycles. The van der Waals surface area contributed by atoms with Crippen LogP contribution in [0.4, 0.5) is 0 Å². The fourth-order valence-electron chi connectivity index (χ4n) is 8.48. The Hall–Kier alpha value is -6.84. The zero-order valence-corrected chi connectivity index (χ0v) is 29.0. The topological polar surface area (TPSA) is 36.8 Å². The van der Waals surface area contributed by atoms with Gasteiger partial charge in [-0.1, -0.05) is 188 Å². The Balaban J connectivity index is 1.26. The van der Waals surface area contributed by atoms with Gasteiger partial charge in [0.15, 0.2) is 6.17 Å². The molecule has 1 atom stereocenters. The summed E-state index contributed by atoms with van der Waals surface area (Å²) in [5.41, 5.74) is 12.5. The van der Waals surface area contributed by atoms with Crippen LogP contribution in [0.3, 0.4) is 0 Å². The van der Waals surface area contributed by atoms with Crippen molar-refractivity contribution in [3.8, 4) is 22.3 Å². The monoisotopic (exact) mass is 677 g/mol. The van der Waals surface area contributed by atoms with Gasteiger partial charge in [0.05, 0.1) is 5.41 Å². The van der Waals surface area contributed by atoms with Crippen LogP contribution < -0.4 is 5.32 Å². The Bertz CT molecular complexity index is 2640. The van der Waals surface area contributed by atoms with Crippen molar-refractivity contribution >= 4 is 22.4 Å². The molecule has 3 nitrogen and oxygen atoms in total. The van der Waals surface area contributed by atoms with E-state index in [-0.39, 0.29) is 0 Å². The normalized spacial score (nSPS) is 15.5. The lowest BCUT2D eigenvalue weighted by Crippen LogP contribution is -2.36. The standard InChI is InChI=1S/C50H35N3/c1-5-18-34(19-6-1)47-51-48(35-20-7-2-8-21-35)53-49(52-47)43-33-37-23-14-13-22-36(37)32-42(43)40-29-17-31-45-46(40)41-28-15-16-30-44(41)50(45,38-24-9-3-10-25-38)39-26-11-4-12-27-39/h1-33,47H,(H,51,52,53). The number of hydrogen-bond acceptors (Lipinski definition) is 3. The summed E-state index contributed by atoms with van der Waals surface area (Å²) in [6.45, 7) is 0. The first-order chi connectivity index (χ1) is 26.3. The number of nitrogens with zero attached hydrogens (tertiary/aromatic N) is 2. The molecule has 0 radical (unpaired) electrons. The van der Waals surface area contributed by atoms with Gasteiger partial charge in [0, 0.05) is 11.1 Å². The molecule has 1 unspecified atom stereocenters. The zero-order valence-electron chi connectivity index (χ0n) is 29.0. The summed E-state index contributed by atoms with van der Waals surface area (Å²) < 4.78 is 0. The van der Waals surface area contributed by atoms with Crippen molar-refractivity contribution in [2.24, 2.45) is 9.98 Å².